The zero-order chi connectivity index (χ0) is 23.1. The van der Waals surface area contributed by atoms with Crippen LogP contribution in [0.5, 0.6) is 0 Å². The second-order valence-electron chi connectivity index (χ2n) is 8.30. The van der Waals surface area contributed by atoms with Gasteiger partial charge in [0.05, 0.1) is 10.7 Å². The Kier molecular flexibility index (Phi) is 5.38. The molecule has 0 spiro atoms. The van der Waals surface area contributed by atoms with Gasteiger partial charge in [0.1, 0.15) is 6.54 Å². The van der Waals surface area contributed by atoms with E-state index in [4.69, 9.17) is 11.6 Å². The molecule has 0 saturated carbocycles. The van der Waals surface area contributed by atoms with E-state index in [9.17, 15) is 9.59 Å². The lowest BCUT2D eigenvalue weighted by molar-refractivity contribution is -0.117. The summed E-state index contributed by atoms with van der Waals surface area (Å²) in [6.45, 7) is 4.96. The van der Waals surface area contributed by atoms with E-state index in [1.807, 2.05) is 32.0 Å². The van der Waals surface area contributed by atoms with Gasteiger partial charge in [0, 0.05) is 24.8 Å². The molecule has 2 aromatic heterocycles. The first kappa shape index (κ1) is 21.2. The molecule has 0 bridgehead atoms. The highest BCUT2D eigenvalue weighted by Crippen LogP contribution is 2.24. The van der Waals surface area contributed by atoms with Crippen LogP contribution in [-0.4, -0.2) is 31.6 Å². The van der Waals surface area contributed by atoms with Crippen LogP contribution < -0.4 is 15.9 Å². The average Bonchev–Trinajstić information content (AvgIpc) is 3.09. The number of carbonyl (C=O) groups is 1. The lowest BCUT2D eigenvalue weighted by atomic mass is 10.0. The second kappa shape index (κ2) is 8.37. The van der Waals surface area contributed by atoms with Crippen molar-refractivity contribution in [3.05, 3.63) is 86.4 Å². The number of halogens is 1. The summed E-state index contributed by atoms with van der Waals surface area (Å²) in [4.78, 5) is 32.6. The van der Waals surface area contributed by atoms with Crippen molar-refractivity contribution in [2.24, 2.45) is 0 Å². The number of anilines is 2. The van der Waals surface area contributed by atoms with Crippen molar-refractivity contribution in [1.82, 2.24) is 19.2 Å². The SMILES string of the molecule is Cc1ccc(NC(=O)Cn2nc3cc(C)nc(N4CCc5ccccc5C4)n3c2=O)c(Cl)c1. The standard InChI is InChI=1S/C24H23ClN6O2/c1-15-7-8-20(19(25)11-15)27-22(32)14-30-24(33)31-21(28-30)12-16(2)26-23(31)29-10-9-17-5-3-4-6-18(17)13-29/h3-8,11-12H,9-10,13-14H2,1-2H3,(H,27,32). The minimum Gasteiger partial charge on any atom is -0.337 e. The predicted octanol–water partition coefficient (Wildman–Crippen LogP) is 3.36. The van der Waals surface area contributed by atoms with Crippen molar-refractivity contribution in [3.8, 4) is 0 Å². The maximum Gasteiger partial charge on any atom is 0.353 e. The Morgan fingerprint density at radius 1 is 1.12 bits per heavy atom. The van der Waals surface area contributed by atoms with E-state index in [0.29, 0.717) is 28.9 Å². The third-order valence-corrected chi connectivity index (χ3v) is 6.10. The number of benzene rings is 2. The molecule has 2 aromatic carbocycles. The van der Waals surface area contributed by atoms with Crippen LogP contribution in [0, 0.1) is 13.8 Å². The first-order chi connectivity index (χ1) is 15.9. The van der Waals surface area contributed by atoms with Gasteiger partial charge >= 0.3 is 5.69 Å². The zero-order valence-electron chi connectivity index (χ0n) is 18.4. The summed E-state index contributed by atoms with van der Waals surface area (Å²) >= 11 is 6.22. The van der Waals surface area contributed by atoms with Gasteiger partial charge in [0.25, 0.3) is 0 Å². The average molecular weight is 463 g/mol. The Morgan fingerprint density at radius 3 is 2.70 bits per heavy atom. The van der Waals surface area contributed by atoms with E-state index in [1.165, 1.54) is 15.5 Å². The minimum absolute atomic E-state index is 0.230. The minimum atomic E-state index is -0.406. The number of rotatable bonds is 4. The molecular formula is C24H23ClN6O2. The van der Waals surface area contributed by atoms with Gasteiger partial charge < -0.3 is 10.2 Å². The van der Waals surface area contributed by atoms with Crippen LogP contribution in [0.2, 0.25) is 5.02 Å². The van der Waals surface area contributed by atoms with Crippen LogP contribution in [0.1, 0.15) is 22.4 Å². The van der Waals surface area contributed by atoms with Gasteiger partial charge in [-0.05, 0) is 49.1 Å². The molecule has 0 fully saturated rings. The van der Waals surface area contributed by atoms with Crippen LogP contribution in [0.15, 0.2) is 53.3 Å². The number of nitrogens with zero attached hydrogens (tertiary/aromatic N) is 5. The molecule has 5 rings (SSSR count). The quantitative estimate of drug-likeness (QED) is 0.502. The molecule has 1 aliphatic rings. The molecule has 8 nitrogen and oxygen atoms in total. The Labute approximate surface area is 195 Å². The van der Waals surface area contributed by atoms with Crippen molar-refractivity contribution < 1.29 is 4.79 Å². The van der Waals surface area contributed by atoms with E-state index in [-0.39, 0.29) is 12.5 Å². The summed E-state index contributed by atoms with van der Waals surface area (Å²) in [6, 6.07) is 15.4. The van der Waals surface area contributed by atoms with Gasteiger partial charge in [-0.1, -0.05) is 41.9 Å². The predicted molar refractivity (Wildman–Crippen MR) is 128 cm³/mol. The third-order valence-electron chi connectivity index (χ3n) is 5.78. The Morgan fingerprint density at radius 2 is 1.91 bits per heavy atom. The molecular weight excluding hydrogens is 440 g/mol. The van der Waals surface area contributed by atoms with Crippen molar-refractivity contribution >= 4 is 34.8 Å². The number of aromatic nitrogens is 4. The molecule has 1 amide bonds. The van der Waals surface area contributed by atoms with Gasteiger partial charge in [-0.25, -0.2) is 18.9 Å². The highest BCUT2D eigenvalue weighted by molar-refractivity contribution is 6.33. The summed E-state index contributed by atoms with van der Waals surface area (Å²) < 4.78 is 2.64. The molecule has 1 aliphatic heterocycles. The third kappa shape index (κ3) is 4.09. The Balaban J connectivity index is 1.45. The molecule has 0 radical (unpaired) electrons. The van der Waals surface area contributed by atoms with Crippen molar-refractivity contribution in [2.75, 3.05) is 16.8 Å². The van der Waals surface area contributed by atoms with Gasteiger partial charge in [-0.2, -0.15) is 0 Å². The fourth-order valence-corrected chi connectivity index (χ4v) is 4.44. The highest BCUT2D eigenvalue weighted by atomic mass is 35.5. The van der Waals surface area contributed by atoms with Crippen LogP contribution >= 0.6 is 11.6 Å². The number of fused-ring (bicyclic) bond motifs is 2. The maximum absolute atomic E-state index is 13.2. The molecule has 0 saturated heterocycles. The Bertz CT molecular complexity index is 1440. The van der Waals surface area contributed by atoms with Crippen molar-refractivity contribution in [3.63, 3.8) is 0 Å². The number of hydrogen-bond donors (Lipinski definition) is 1. The van der Waals surface area contributed by atoms with Crippen LogP contribution in [0.25, 0.3) is 5.65 Å². The number of amides is 1. The normalized spacial score (nSPS) is 13.2. The van der Waals surface area contributed by atoms with Gasteiger partial charge in [-0.3, -0.25) is 4.79 Å². The molecule has 0 unspecified atom stereocenters. The largest absolute Gasteiger partial charge is 0.353 e. The van der Waals surface area contributed by atoms with Gasteiger partial charge in [-0.15, -0.1) is 5.10 Å². The maximum atomic E-state index is 13.2. The summed E-state index contributed by atoms with van der Waals surface area (Å²) in [6.07, 6.45) is 0.871. The summed E-state index contributed by atoms with van der Waals surface area (Å²) in [5.74, 6) is 0.155. The van der Waals surface area contributed by atoms with E-state index in [0.717, 1.165) is 28.9 Å². The lowest BCUT2D eigenvalue weighted by Gasteiger charge is -2.29. The zero-order valence-corrected chi connectivity index (χ0v) is 19.1. The molecule has 0 atom stereocenters. The molecule has 3 heterocycles. The van der Waals surface area contributed by atoms with E-state index in [1.54, 1.807) is 18.2 Å². The molecule has 0 aliphatic carbocycles. The smallest absolute Gasteiger partial charge is 0.337 e. The fourth-order valence-electron chi connectivity index (χ4n) is 4.16. The van der Waals surface area contributed by atoms with E-state index < -0.39 is 5.69 Å². The molecule has 168 valence electrons. The van der Waals surface area contributed by atoms with Crippen molar-refractivity contribution in [2.45, 2.75) is 33.4 Å². The highest BCUT2D eigenvalue weighted by Gasteiger charge is 2.23. The molecule has 4 aromatic rings. The summed E-state index contributed by atoms with van der Waals surface area (Å²) in [5.41, 5.74) is 4.82. The topological polar surface area (TPSA) is 84.5 Å². The second-order valence-corrected chi connectivity index (χ2v) is 8.71. The Hall–Kier alpha value is -3.65. The molecule has 33 heavy (non-hydrogen) atoms. The number of nitrogens with one attached hydrogen (secondary N) is 1. The first-order valence-corrected chi connectivity index (χ1v) is 11.1. The van der Waals surface area contributed by atoms with Gasteiger partial charge in [0.15, 0.2) is 5.65 Å². The number of carbonyl (C=O) groups excluding carboxylic acids is 1. The van der Waals surface area contributed by atoms with Crippen LogP contribution in [-0.2, 0) is 24.3 Å². The fraction of sp³-hybridized carbons (Fsp3) is 0.250. The molecule has 1 N–H and O–H groups in total. The van der Waals surface area contributed by atoms with Crippen LogP contribution in [0.3, 0.4) is 0 Å². The van der Waals surface area contributed by atoms with E-state index in [2.05, 4.69) is 32.4 Å². The monoisotopic (exact) mass is 462 g/mol. The lowest BCUT2D eigenvalue weighted by Crippen LogP contribution is -2.35. The van der Waals surface area contributed by atoms with Gasteiger partial charge in [0.2, 0.25) is 11.9 Å². The number of aryl methyl sites for hydroxylation is 2. The molecule has 9 heteroatoms. The van der Waals surface area contributed by atoms with Crippen molar-refractivity contribution in [1.29, 1.82) is 0 Å². The van der Waals surface area contributed by atoms with E-state index >= 15 is 0 Å². The summed E-state index contributed by atoms with van der Waals surface area (Å²) in [5, 5.41) is 7.59. The number of hydrogen-bond acceptors (Lipinski definition) is 5. The summed E-state index contributed by atoms with van der Waals surface area (Å²) in [7, 11) is 0. The van der Waals surface area contributed by atoms with Crippen LogP contribution in [0.4, 0.5) is 11.6 Å². The first-order valence-electron chi connectivity index (χ1n) is 10.7.